The number of urea groups is 1. The lowest BCUT2D eigenvalue weighted by Crippen LogP contribution is -2.58. The Hall–Kier alpha value is -4.37. The number of likely N-dealkylation sites (N-methyl/N-ethyl adjacent to an activating group) is 1. The van der Waals surface area contributed by atoms with Gasteiger partial charge in [0.2, 0.25) is 11.8 Å². The molecule has 3 aromatic carbocycles. The van der Waals surface area contributed by atoms with E-state index in [4.69, 9.17) is 4.74 Å². The van der Waals surface area contributed by atoms with Crippen LogP contribution in [0.15, 0.2) is 84.9 Å². The van der Waals surface area contributed by atoms with Crippen LogP contribution in [0.3, 0.4) is 0 Å². The number of rotatable bonds is 18. The molecule has 3 aromatic rings. The van der Waals surface area contributed by atoms with Gasteiger partial charge >= 0.3 is 6.03 Å². The van der Waals surface area contributed by atoms with Crippen LogP contribution in [-0.4, -0.2) is 85.5 Å². The molecule has 1 saturated heterocycles. The molecule has 0 spiro atoms. The molecular weight excluding hydrogens is 626 g/mol. The van der Waals surface area contributed by atoms with E-state index in [9.17, 15) is 14.4 Å². The third-order valence-corrected chi connectivity index (χ3v) is 9.52. The summed E-state index contributed by atoms with van der Waals surface area (Å²) in [6.07, 6.45) is 7.10. The Labute approximate surface area is 299 Å². The lowest BCUT2D eigenvalue weighted by atomic mass is 9.88. The molecule has 1 fully saturated rings. The zero-order valence-corrected chi connectivity index (χ0v) is 30.6. The van der Waals surface area contributed by atoms with Crippen LogP contribution in [0.2, 0.25) is 0 Å². The zero-order chi connectivity index (χ0) is 35.7. The summed E-state index contributed by atoms with van der Waals surface area (Å²) in [5.74, 6) is 0.385. The highest BCUT2D eigenvalue weighted by molar-refractivity contribution is 6.01. The molecule has 270 valence electrons. The molecule has 1 aliphatic heterocycles. The van der Waals surface area contributed by atoms with Gasteiger partial charge in [-0.05, 0) is 63.1 Å². The van der Waals surface area contributed by atoms with Gasteiger partial charge in [0, 0.05) is 50.7 Å². The Morgan fingerprint density at radius 1 is 0.800 bits per heavy atom. The quantitative estimate of drug-likeness (QED) is 0.141. The molecule has 0 radical (unpaired) electrons. The molecule has 0 bridgehead atoms. The lowest BCUT2D eigenvalue weighted by Gasteiger charge is -2.41. The average Bonchev–Trinajstić information content (AvgIpc) is 3.15. The molecule has 9 heteroatoms. The summed E-state index contributed by atoms with van der Waals surface area (Å²) in [4.78, 5) is 50.3. The first-order valence-electron chi connectivity index (χ1n) is 18.5. The van der Waals surface area contributed by atoms with E-state index in [0.29, 0.717) is 39.0 Å². The molecule has 0 saturated carbocycles. The molecule has 1 heterocycles. The van der Waals surface area contributed by atoms with E-state index in [0.717, 1.165) is 74.3 Å². The molecule has 4 amide bonds. The number of likely N-dealkylation sites (tertiary alicyclic amines) is 1. The molecule has 1 aliphatic rings. The highest BCUT2D eigenvalue weighted by Crippen LogP contribution is 2.32. The van der Waals surface area contributed by atoms with Gasteiger partial charge in [-0.15, -0.1) is 0 Å². The Kier molecular flexibility index (Phi) is 15.6. The number of nitrogens with one attached hydrogen (secondary N) is 1. The van der Waals surface area contributed by atoms with Crippen LogP contribution in [0.5, 0.6) is 5.75 Å². The predicted octanol–water partition coefficient (Wildman–Crippen LogP) is 7.49. The van der Waals surface area contributed by atoms with Crippen molar-refractivity contribution in [3.63, 3.8) is 0 Å². The maximum Gasteiger partial charge on any atom is 0.329 e. The summed E-state index contributed by atoms with van der Waals surface area (Å²) < 4.78 is 5.52. The minimum Gasteiger partial charge on any atom is -0.496 e. The lowest BCUT2D eigenvalue weighted by molar-refractivity contribution is -0.139. The minimum absolute atomic E-state index is 0.113. The van der Waals surface area contributed by atoms with Gasteiger partial charge in [-0.3, -0.25) is 14.5 Å². The summed E-state index contributed by atoms with van der Waals surface area (Å²) in [5, 5.41) is 3.12. The Morgan fingerprint density at radius 3 is 1.96 bits per heavy atom. The van der Waals surface area contributed by atoms with E-state index in [-0.39, 0.29) is 23.8 Å². The number of carbonyl (C=O) groups excluding carboxylic acids is 3. The van der Waals surface area contributed by atoms with E-state index in [1.165, 1.54) is 0 Å². The van der Waals surface area contributed by atoms with E-state index >= 15 is 0 Å². The van der Waals surface area contributed by atoms with Gasteiger partial charge in [0.15, 0.2) is 0 Å². The molecule has 4 rings (SSSR count). The summed E-state index contributed by atoms with van der Waals surface area (Å²) in [7, 11) is 3.67. The monoisotopic (exact) mass is 683 g/mol. The highest BCUT2D eigenvalue weighted by Gasteiger charge is 2.41. The van der Waals surface area contributed by atoms with Gasteiger partial charge in [-0.25, -0.2) is 4.79 Å². The van der Waals surface area contributed by atoms with E-state index in [1.54, 1.807) is 16.9 Å². The fourth-order valence-corrected chi connectivity index (χ4v) is 6.71. The van der Waals surface area contributed by atoms with Crippen LogP contribution < -0.4 is 15.0 Å². The van der Waals surface area contributed by atoms with Crippen molar-refractivity contribution in [2.24, 2.45) is 5.92 Å². The molecule has 50 heavy (non-hydrogen) atoms. The van der Waals surface area contributed by atoms with Gasteiger partial charge < -0.3 is 24.8 Å². The summed E-state index contributed by atoms with van der Waals surface area (Å²) >= 11 is 0. The first-order chi connectivity index (χ1) is 24.4. The fraction of sp³-hybridized carbons (Fsp3) is 0.488. The van der Waals surface area contributed by atoms with Gasteiger partial charge in [0.25, 0.3) is 0 Å². The number of hydrogen-bond donors (Lipinski definition) is 1. The summed E-state index contributed by atoms with van der Waals surface area (Å²) in [6, 6.07) is 25.9. The van der Waals surface area contributed by atoms with Crippen LogP contribution in [0, 0.1) is 5.92 Å². The van der Waals surface area contributed by atoms with Gasteiger partial charge in [0.1, 0.15) is 11.8 Å². The standard InChI is InChI=1S/C41H57N5O4/c1-5-7-17-27-44(28-18-8-6-2)40(48)33-25-29-45(41(49)46(35-20-11-9-12-21-35)36-22-13-10-14-23-36)37(31-33)39(47)42-26-30-43(3)32-34-19-15-16-24-38(34)50-4/h9-16,19-24,33,37H,5-8,17-18,25-32H2,1-4H3,(H,42,47)/t33-,37-/m1/s1. The second-order valence-corrected chi connectivity index (χ2v) is 13.3. The Bertz CT molecular complexity index is 1420. The van der Waals surface area contributed by atoms with Crippen molar-refractivity contribution in [3.8, 4) is 5.75 Å². The molecule has 1 N–H and O–H groups in total. The number of carbonyl (C=O) groups is 3. The van der Waals surface area contributed by atoms with E-state index in [2.05, 4.69) is 24.1 Å². The minimum atomic E-state index is -0.784. The number of para-hydroxylation sites is 3. The second-order valence-electron chi connectivity index (χ2n) is 13.3. The maximum absolute atomic E-state index is 14.6. The number of ether oxygens (including phenoxy) is 1. The van der Waals surface area contributed by atoms with Gasteiger partial charge in [0.05, 0.1) is 18.5 Å². The number of unbranched alkanes of at least 4 members (excludes halogenated alkanes) is 4. The van der Waals surface area contributed by atoms with Gasteiger partial charge in [-0.2, -0.15) is 0 Å². The predicted molar refractivity (Wildman–Crippen MR) is 202 cm³/mol. The number of hydrogen-bond acceptors (Lipinski definition) is 5. The maximum atomic E-state index is 14.6. The molecule has 2 atom stereocenters. The van der Waals surface area contributed by atoms with Crippen molar-refractivity contribution in [1.82, 2.24) is 20.0 Å². The normalized spacial score (nSPS) is 15.8. The van der Waals surface area contributed by atoms with Crippen LogP contribution >= 0.6 is 0 Å². The number of amides is 4. The Balaban J connectivity index is 1.54. The number of anilines is 2. The largest absolute Gasteiger partial charge is 0.496 e. The first kappa shape index (κ1) is 38.4. The van der Waals surface area contributed by atoms with Crippen LogP contribution in [-0.2, 0) is 16.1 Å². The van der Waals surface area contributed by atoms with Crippen molar-refractivity contribution < 1.29 is 19.1 Å². The van der Waals surface area contributed by atoms with Crippen LogP contribution in [0.1, 0.15) is 70.8 Å². The zero-order valence-electron chi connectivity index (χ0n) is 30.6. The first-order valence-corrected chi connectivity index (χ1v) is 18.5. The second kappa shape index (κ2) is 20.3. The molecule has 0 unspecified atom stereocenters. The van der Waals surface area contributed by atoms with Crippen molar-refractivity contribution in [3.05, 3.63) is 90.5 Å². The molecule has 9 nitrogen and oxygen atoms in total. The van der Waals surface area contributed by atoms with Crippen LogP contribution in [0.25, 0.3) is 0 Å². The molecule has 0 aromatic heterocycles. The summed E-state index contributed by atoms with van der Waals surface area (Å²) in [5.41, 5.74) is 2.51. The van der Waals surface area contributed by atoms with Crippen molar-refractivity contribution in [2.45, 2.75) is 77.8 Å². The third kappa shape index (κ3) is 10.8. The SMILES string of the molecule is CCCCCN(CCCCC)C(=O)[C@@H]1CCN(C(=O)N(c2ccccc2)c2ccccc2)[C@@H](C(=O)NCCN(C)Cc2ccccc2OC)C1. The topological polar surface area (TPSA) is 85.4 Å². The number of nitrogens with zero attached hydrogens (tertiary/aromatic N) is 4. The fourth-order valence-electron chi connectivity index (χ4n) is 6.71. The van der Waals surface area contributed by atoms with Crippen molar-refractivity contribution in [1.29, 1.82) is 0 Å². The van der Waals surface area contributed by atoms with Gasteiger partial charge in [-0.1, -0.05) is 94.1 Å². The van der Waals surface area contributed by atoms with Crippen molar-refractivity contribution >= 4 is 29.2 Å². The van der Waals surface area contributed by atoms with Crippen molar-refractivity contribution in [2.75, 3.05) is 51.8 Å². The average molecular weight is 684 g/mol. The molecular formula is C41H57N5O4. The van der Waals surface area contributed by atoms with E-state index < -0.39 is 6.04 Å². The van der Waals surface area contributed by atoms with E-state index in [1.807, 2.05) is 96.9 Å². The number of benzene rings is 3. The Morgan fingerprint density at radius 2 is 1.38 bits per heavy atom. The smallest absolute Gasteiger partial charge is 0.329 e. The third-order valence-electron chi connectivity index (χ3n) is 9.52. The summed E-state index contributed by atoms with van der Waals surface area (Å²) in [6.45, 7) is 7.81. The number of methoxy groups -OCH3 is 1. The number of piperidine rings is 1. The van der Waals surface area contributed by atoms with Crippen LogP contribution in [0.4, 0.5) is 16.2 Å². The highest BCUT2D eigenvalue weighted by atomic mass is 16.5. The molecule has 0 aliphatic carbocycles.